The Bertz CT molecular complexity index is 521. The number of nitrogens with two attached hydrogens (primary N) is 1. The van der Waals surface area contributed by atoms with Gasteiger partial charge in [0, 0.05) is 19.1 Å². The molecule has 2 N–H and O–H groups in total. The molecule has 1 aliphatic heterocycles. The van der Waals surface area contributed by atoms with Crippen LogP contribution < -0.4 is 10.5 Å². The van der Waals surface area contributed by atoms with Gasteiger partial charge in [-0.2, -0.15) is 0 Å². The SMILES string of the molecule is COc1cccc(CO[C@H](C)C(=O)N2CCC[C@H](C)[C@H]2CN)c1. The molecule has 0 saturated carbocycles. The van der Waals surface area contributed by atoms with Crippen molar-refractivity contribution in [3.05, 3.63) is 29.8 Å². The third-order valence-corrected chi connectivity index (χ3v) is 4.62. The van der Waals surface area contributed by atoms with Gasteiger partial charge in [-0.15, -0.1) is 0 Å². The van der Waals surface area contributed by atoms with Crippen LogP contribution in [0.3, 0.4) is 0 Å². The van der Waals surface area contributed by atoms with E-state index in [9.17, 15) is 4.79 Å². The summed E-state index contributed by atoms with van der Waals surface area (Å²) in [5.41, 5.74) is 6.86. The Labute approximate surface area is 138 Å². The van der Waals surface area contributed by atoms with Gasteiger partial charge < -0.3 is 20.1 Å². The van der Waals surface area contributed by atoms with E-state index in [1.165, 1.54) is 0 Å². The molecule has 1 aromatic rings. The number of piperidine rings is 1. The Morgan fingerprint density at radius 3 is 2.96 bits per heavy atom. The highest BCUT2D eigenvalue weighted by Gasteiger charge is 2.33. The Balaban J connectivity index is 1.93. The van der Waals surface area contributed by atoms with E-state index in [4.69, 9.17) is 15.2 Å². The summed E-state index contributed by atoms with van der Waals surface area (Å²) in [4.78, 5) is 14.6. The summed E-state index contributed by atoms with van der Waals surface area (Å²) in [5.74, 6) is 1.27. The molecule has 1 saturated heterocycles. The van der Waals surface area contributed by atoms with E-state index >= 15 is 0 Å². The van der Waals surface area contributed by atoms with Gasteiger partial charge in [0.2, 0.25) is 0 Å². The zero-order valence-electron chi connectivity index (χ0n) is 14.3. The largest absolute Gasteiger partial charge is 0.497 e. The predicted octanol–water partition coefficient (Wildman–Crippen LogP) is 2.19. The molecule has 1 aliphatic rings. The van der Waals surface area contributed by atoms with E-state index in [0.29, 0.717) is 19.1 Å². The molecule has 1 amide bonds. The smallest absolute Gasteiger partial charge is 0.251 e. The van der Waals surface area contributed by atoms with Crippen LogP contribution in [0.15, 0.2) is 24.3 Å². The number of ether oxygens (including phenoxy) is 2. The molecule has 1 fully saturated rings. The minimum Gasteiger partial charge on any atom is -0.497 e. The fourth-order valence-corrected chi connectivity index (χ4v) is 3.17. The van der Waals surface area contributed by atoms with E-state index in [-0.39, 0.29) is 11.9 Å². The van der Waals surface area contributed by atoms with E-state index in [2.05, 4.69) is 6.92 Å². The third-order valence-electron chi connectivity index (χ3n) is 4.62. The fourth-order valence-electron chi connectivity index (χ4n) is 3.17. The molecule has 2 rings (SSSR count). The minimum atomic E-state index is -0.472. The standard InChI is InChI=1S/C18H28N2O3/c1-13-6-5-9-20(17(13)11-19)18(21)14(2)23-12-15-7-4-8-16(10-15)22-3/h4,7-8,10,13-14,17H,5-6,9,11-12,19H2,1-3H3/t13-,14+,17+/m0/s1. The number of amides is 1. The summed E-state index contributed by atoms with van der Waals surface area (Å²) in [7, 11) is 1.64. The molecule has 0 bridgehead atoms. The first-order valence-corrected chi connectivity index (χ1v) is 8.32. The molecule has 3 atom stereocenters. The first-order chi connectivity index (χ1) is 11.1. The lowest BCUT2D eigenvalue weighted by Crippen LogP contribution is -2.54. The number of hydrogen-bond donors (Lipinski definition) is 1. The van der Waals surface area contributed by atoms with Crippen molar-refractivity contribution in [1.82, 2.24) is 4.90 Å². The molecule has 0 aliphatic carbocycles. The molecule has 0 spiro atoms. The molecule has 5 nitrogen and oxygen atoms in total. The Hall–Kier alpha value is -1.59. The quantitative estimate of drug-likeness (QED) is 0.872. The summed E-state index contributed by atoms with van der Waals surface area (Å²) >= 11 is 0. The molecule has 128 valence electrons. The van der Waals surface area contributed by atoms with E-state index in [1.54, 1.807) is 7.11 Å². The van der Waals surface area contributed by atoms with Crippen molar-refractivity contribution in [1.29, 1.82) is 0 Å². The van der Waals surface area contributed by atoms with Crippen LogP contribution in [0.5, 0.6) is 5.75 Å². The highest BCUT2D eigenvalue weighted by atomic mass is 16.5. The molecular formula is C18H28N2O3. The summed E-state index contributed by atoms with van der Waals surface area (Å²) in [6.07, 6.45) is 1.69. The number of carbonyl (C=O) groups is 1. The van der Waals surface area contributed by atoms with Crippen LogP contribution in [0.4, 0.5) is 0 Å². The van der Waals surface area contributed by atoms with Crippen molar-refractivity contribution in [3.63, 3.8) is 0 Å². The number of methoxy groups -OCH3 is 1. The number of benzene rings is 1. The van der Waals surface area contributed by atoms with E-state index < -0.39 is 6.10 Å². The van der Waals surface area contributed by atoms with Gasteiger partial charge in [0.1, 0.15) is 11.9 Å². The maximum atomic E-state index is 12.7. The normalized spacial score (nSPS) is 22.7. The number of hydrogen-bond acceptors (Lipinski definition) is 4. The van der Waals surface area contributed by atoms with Crippen LogP contribution in [-0.2, 0) is 16.1 Å². The van der Waals surface area contributed by atoms with Crippen LogP contribution in [0, 0.1) is 5.92 Å². The van der Waals surface area contributed by atoms with Gasteiger partial charge in [0.15, 0.2) is 0 Å². The number of likely N-dealkylation sites (tertiary alicyclic amines) is 1. The predicted molar refractivity (Wildman–Crippen MR) is 90.2 cm³/mol. The second-order valence-corrected chi connectivity index (χ2v) is 6.26. The van der Waals surface area contributed by atoms with Crippen molar-refractivity contribution in [3.8, 4) is 5.75 Å². The lowest BCUT2D eigenvalue weighted by Gasteiger charge is -2.40. The summed E-state index contributed by atoms with van der Waals surface area (Å²) in [5, 5.41) is 0. The highest BCUT2D eigenvalue weighted by Crippen LogP contribution is 2.24. The summed E-state index contributed by atoms with van der Waals surface area (Å²) < 4.78 is 11.0. The maximum Gasteiger partial charge on any atom is 0.251 e. The van der Waals surface area contributed by atoms with Crippen LogP contribution in [0.2, 0.25) is 0 Å². The Morgan fingerprint density at radius 2 is 2.26 bits per heavy atom. The van der Waals surface area contributed by atoms with Gasteiger partial charge in [-0.3, -0.25) is 4.79 Å². The van der Waals surface area contributed by atoms with Crippen LogP contribution >= 0.6 is 0 Å². The van der Waals surface area contributed by atoms with Crippen molar-refractivity contribution >= 4 is 5.91 Å². The topological polar surface area (TPSA) is 64.8 Å². The molecule has 23 heavy (non-hydrogen) atoms. The molecule has 5 heteroatoms. The van der Waals surface area contributed by atoms with Gasteiger partial charge in [0.05, 0.1) is 13.7 Å². The first kappa shape index (κ1) is 17.8. The van der Waals surface area contributed by atoms with Crippen LogP contribution in [-0.4, -0.2) is 43.2 Å². The molecule has 0 aromatic heterocycles. The van der Waals surface area contributed by atoms with Crippen molar-refractivity contribution in [2.45, 2.75) is 45.4 Å². The maximum absolute atomic E-state index is 12.7. The Kier molecular flexibility index (Phi) is 6.42. The van der Waals surface area contributed by atoms with E-state index in [0.717, 1.165) is 30.7 Å². The van der Waals surface area contributed by atoms with Gasteiger partial charge in [0.25, 0.3) is 5.91 Å². The van der Waals surface area contributed by atoms with Gasteiger partial charge >= 0.3 is 0 Å². The number of nitrogens with zero attached hydrogens (tertiary/aromatic N) is 1. The second-order valence-electron chi connectivity index (χ2n) is 6.26. The molecular weight excluding hydrogens is 292 g/mol. The lowest BCUT2D eigenvalue weighted by atomic mass is 9.90. The van der Waals surface area contributed by atoms with Crippen molar-refractivity contribution in [2.75, 3.05) is 20.2 Å². The van der Waals surface area contributed by atoms with E-state index in [1.807, 2.05) is 36.1 Å². The Morgan fingerprint density at radius 1 is 1.48 bits per heavy atom. The average Bonchev–Trinajstić information content (AvgIpc) is 2.58. The van der Waals surface area contributed by atoms with Crippen molar-refractivity contribution in [2.24, 2.45) is 11.7 Å². The van der Waals surface area contributed by atoms with Gasteiger partial charge in [-0.05, 0) is 43.4 Å². The first-order valence-electron chi connectivity index (χ1n) is 8.32. The third kappa shape index (κ3) is 4.45. The van der Waals surface area contributed by atoms with Gasteiger partial charge in [-0.25, -0.2) is 0 Å². The molecule has 0 unspecified atom stereocenters. The minimum absolute atomic E-state index is 0.0369. The number of rotatable bonds is 6. The summed E-state index contributed by atoms with van der Waals surface area (Å²) in [6.45, 7) is 5.66. The van der Waals surface area contributed by atoms with Crippen LogP contribution in [0.25, 0.3) is 0 Å². The zero-order valence-corrected chi connectivity index (χ0v) is 14.3. The fraction of sp³-hybridized carbons (Fsp3) is 0.611. The zero-order chi connectivity index (χ0) is 16.8. The highest BCUT2D eigenvalue weighted by molar-refractivity contribution is 5.81. The monoisotopic (exact) mass is 320 g/mol. The van der Waals surface area contributed by atoms with Crippen molar-refractivity contribution < 1.29 is 14.3 Å². The lowest BCUT2D eigenvalue weighted by molar-refractivity contribution is -0.148. The molecule has 1 heterocycles. The second kappa shape index (κ2) is 8.31. The molecule has 0 radical (unpaired) electrons. The van der Waals surface area contributed by atoms with Crippen LogP contribution in [0.1, 0.15) is 32.3 Å². The average molecular weight is 320 g/mol. The van der Waals surface area contributed by atoms with Gasteiger partial charge in [-0.1, -0.05) is 19.1 Å². The number of carbonyl (C=O) groups excluding carboxylic acids is 1. The summed E-state index contributed by atoms with van der Waals surface area (Å²) in [6, 6.07) is 7.81. The molecule has 1 aromatic carbocycles.